The van der Waals surface area contributed by atoms with E-state index in [9.17, 15) is 4.39 Å². The number of rotatable bonds is 3. The summed E-state index contributed by atoms with van der Waals surface area (Å²) in [4.78, 5) is 4.22. The summed E-state index contributed by atoms with van der Waals surface area (Å²) in [5, 5.41) is 4.04. The lowest BCUT2D eigenvalue weighted by molar-refractivity contribution is 0.388. The topological polar surface area (TPSA) is 18.5 Å². The fourth-order valence-corrected chi connectivity index (χ4v) is 3.31. The molecule has 1 aliphatic heterocycles. The van der Waals surface area contributed by atoms with Gasteiger partial charge in [-0.3, -0.25) is 0 Å². The molecule has 3 nitrogen and oxygen atoms in total. The van der Waals surface area contributed by atoms with Gasteiger partial charge in [0.2, 0.25) is 0 Å². The number of benzene rings is 2. The van der Waals surface area contributed by atoms with Gasteiger partial charge in [-0.1, -0.05) is 38.1 Å². The van der Waals surface area contributed by atoms with E-state index in [1.54, 1.807) is 6.07 Å². The largest absolute Gasteiger partial charge is 0.366 e. The van der Waals surface area contributed by atoms with Gasteiger partial charge >= 0.3 is 0 Å². The minimum Gasteiger partial charge on any atom is -0.366 e. The Hall–Kier alpha value is -2.14. The van der Waals surface area contributed by atoms with Crippen molar-refractivity contribution in [2.24, 2.45) is 0 Å². The third-order valence-corrected chi connectivity index (χ3v) is 4.95. The molecular weight excluding hydrogens is 333 g/mol. The van der Waals surface area contributed by atoms with Gasteiger partial charge in [-0.25, -0.2) is 4.39 Å². The van der Waals surface area contributed by atoms with E-state index in [4.69, 9.17) is 12.2 Å². The number of piperazine rings is 1. The third-order valence-electron chi connectivity index (χ3n) is 4.59. The van der Waals surface area contributed by atoms with E-state index in [0.717, 1.165) is 37.0 Å². The molecule has 0 aromatic heterocycles. The summed E-state index contributed by atoms with van der Waals surface area (Å²) < 4.78 is 13.9. The highest BCUT2D eigenvalue weighted by molar-refractivity contribution is 7.80. The molecule has 132 valence electrons. The second-order valence-corrected chi connectivity index (χ2v) is 7.02. The standard InChI is InChI=1S/C20H24FN3S/c1-15(2)16-7-9-17(10-8-16)22-20(25)24-13-11-23(12-14-24)19-6-4-3-5-18(19)21/h3-10,15H,11-14H2,1-2H3,(H,22,25). The van der Waals surface area contributed by atoms with Crippen molar-refractivity contribution in [1.82, 2.24) is 4.90 Å². The van der Waals surface area contributed by atoms with Gasteiger partial charge in [-0.15, -0.1) is 0 Å². The van der Waals surface area contributed by atoms with Crippen molar-refractivity contribution in [2.75, 3.05) is 36.4 Å². The summed E-state index contributed by atoms with van der Waals surface area (Å²) in [5.41, 5.74) is 2.99. The van der Waals surface area contributed by atoms with E-state index in [1.807, 2.05) is 12.1 Å². The van der Waals surface area contributed by atoms with Crippen LogP contribution in [0.15, 0.2) is 48.5 Å². The molecule has 0 aliphatic carbocycles. The van der Waals surface area contributed by atoms with E-state index in [1.165, 1.54) is 11.6 Å². The van der Waals surface area contributed by atoms with E-state index < -0.39 is 0 Å². The lowest BCUT2D eigenvalue weighted by atomic mass is 10.0. The quantitative estimate of drug-likeness (QED) is 0.817. The molecule has 1 saturated heterocycles. The molecule has 25 heavy (non-hydrogen) atoms. The van der Waals surface area contributed by atoms with E-state index in [-0.39, 0.29) is 5.82 Å². The van der Waals surface area contributed by atoms with Gasteiger partial charge in [-0.05, 0) is 48.0 Å². The fourth-order valence-electron chi connectivity index (χ4n) is 3.01. The van der Waals surface area contributed by atoms with Crippen LogP contribution in [0.4, 0.5) is 15.8 Å². The Kier molecular flexibility index (Phi) is 5.53. The summed E-state index contributed by atoms with van der Waals surface area (Å²) >= 11 is 5.54. The first-order valence-electron chi connectivity index (χ1n) is 8.70. The molecule has 0 radical (unpaired) electrons. The molecule has 0 atom stereocenters. The Bertz CT molecular complexity index is 722. The van der Waals surface area contributed by atoms with Crippen molar-refractivity contribution in [1.29, 1.82) is 0 Å². The molecule has 3 rings (SSSR count). The second kappa shape index (κ2) is 7.83. The highest BCUT2D eigenvalue weighted by Crippen LogP contribution is 2.21. The molecule has 2 aromatic carbocycles. The Labute approximate surface area is 154 Å². The zero-order valence-electron chi connectivity index (χ0n) is 14.7. The number of anilines is 2. The van der Waals surface area contributed by atoms with Crippen LogP contribution in [0.25, 0.3) is 0 Å². The molecule has 1 heterocycles. The maximum absolute atomic E-state index is 13.9. The lowest BCUT2D eigenvalue weighted by Gasteiger charge is -2.37. The van der Waals surface area contributed by atoms with Gasteiger partial charge in [0.15, 0.2) is 5.11 Å². The molecule has 2 aromatic rings. The average molecular weight is 357 g/mol. The molecule has 0 bridgehead atoms. The minimum absolute atomic E-state index is 0.165. The van der Waals surface area contributed by atoms with Gasteiger partial charge < -0.3 is 15.1 Å². The monoisotopic (exact) mass is 357 g/mol. The summed E-state index contributed by atoms with van der Waals surface area (Å²) in [6.07, 6.45) is 0. The van der Waals surface area contributed by atoms with Crippen LogP contribution in [0.2, 0.25) is 0 Å². The van der Waals surface area contributed by atoms with E-state index in [0.29, 0.717) is 11.6 Å². The Morgan fingerprint density at radius 2 is 1.64 bits per heavy atom. The maximum atomic E-state index is 13.9. The maximum Gasteiger partial charge on any atom is 0.173 e. The molecule has 1 aliphatic rings. The Balaban J connectivity index is 1.55. The van der Waals surface area contributed by atoms with Gasteiger partial charge in [0, 0.05) is 31.9 Å². The van der Waals surface area contributed by atoms with Crippen molar-refractivity contribution < 1.29 is 4.39 Å². The number of hydrogen-bond acceptors (Lipinski definition) is 2. The highest BCUT2D eigenvalue weighted by Gasteiger charge is 2.20. The molecule has 0 saturated carbocycles. The molecule has 1 fully saturated rings. The molecule has 5 heteroatoms. The van der Waals surface area contributed by atoms with Gasteiger partial charge in [-0.2, -0.15) is 0 Å². The molecule has 0 unspecified atom stereocenters. The predicted molar refractivity (Wildman–Crippen MR) is 107 cm³/mol. The molecular formula is C20H24FN3S. The number of nitrogens with one attached hydrogen (secondary N) is 1. The van der Waals surface area contributed by atoms with Crippen LogP contribution < -0.4 is 10.2 Å². The van der Waals surface area contributed by atoms with Crippen LogP contribution >= 0.6 is 12.2 Å². The lowest BCUT2D eigenvalue weighted by Crippen LogP contribution is -2.50. The zero-order valence-corrected chi connectivity index (χ0v) is 15.5. The second-order valence-electron chi connectivity index (χ2n) is 6.63. The van der Waals surface area contributed by atoms with Crippen molar-refractivity contribution >= 4 is 28.7 Å². The van der Waals surface area contributed by atoms with E-state index in [2.05, 4.69) is 53.2 Å². The van der Waals surface area contributed by atoms with Crippen LogP contribution in [-0.2, 0) is 0 Å². The van der Waals surface area contributed by atoms with Crippen LogP contribution in [-0.4, -0.2) is 36.2 Å². The van der Waals surface area contributed by atoms with Crippen LogP contribution in [0.3, 0.4) is 0 Å². The first kappa shape index (κ1) is 17.7. The van der Waals surface area contributed by atoms with Crippen molar-refractivity contribution in [2.45, 2.75) is 19.8 Å². The molecule has 0 amide bonds. The fraction of sp³-hybridized carbons (Fsp3) is 0.350. The molecule has 0 spiro atoms. The van der Waals surface area contributed by atoms with Crippen molar-refractivity contribution in [3.8, 4) is 0 Å². The highest BCUT2D eigenvalue weighted by atomic mass is 32.1. The third kappa shape index (κ3) is 4.28. The smallest absolute Gasteiger partial charge is 0.173 e. The number of hydrogen-bond donors (Lipinski definition) is 1. The summed E-state index contributed by atoms with van der Waals surface area (Å²) in [5.74, 6) is 0.356. The minimum atomic E-state index is -0.165. The summed E-state index contributed by atoms with van der Waals surface area (Å²) in [7, 11) is 0. The van der Waals surface area contributed by atoms with Crippen LogP contribution in [0.5, 0.6) is 0 Å². The average Bonchev–Trinajstić information content (AvgIpc) is 2.63. The SMILES string of the molecule is CC(C)c1ccc(NC(=S)N2CCN(c3ccccc3F)CC2)cc1. The number of thiocarbonyl (C=S) groups is 1. The Morgan fingerprint density at radius 1 is 1.00 bits per heavy atom. The summed E-state index contributed by atoms with van der Waals surface area (Å²) in [6, 6.07) is 15.3. The number of para-hydroxylation sites is 1. The van der Waals surface area contributed by atoms with Crippen molar-refractivity contribution in [3.05, 3.63) is 59.9 Å². The first-order valence-corrected chi connectivity index (χ1v) is 9.11. The normalized spacial score (nSPS) is 14.7. The van der Waals surface area contributed by atoms with Gasteiger partial charge in [0.1, 0.15) is 5.82 Å². The zero-order chi connectivity index (χ0) is 17.8. The van der Waals surface area contributed by atoms with Gasteiger partial charge in [0.25, 0.3) is 0 Å². The summed E-state index contributed by atoms with van der Waals surface area (Å²) in [6.45, 7) is 7.45. The number of halogens is 1. The number of nitrogens with zero attached hydrogens (tertiary/aromatic N) is 2. The van der Waals surface area contributed by atoms with Crippen LogP contribution in [0.1, 0.15) is 25.3 Å². The van der Waals surface area contributed by atoms with Crippen LogP contribution in [0, 0.1) is 5.82 Å². The Morgan fingerprint density at radius 3 is 2.24 bits per heavy atom. The van der Waals surface area contributed by atoms with Crippen molar-refractivity contribution in [3.63, 3.8) is 0 Å². The predicted octanol–water partition coefficient (Wildman–Crippen LogP) is 4.47. The van der Waals surface area contributed by atoms with Gasteiger partial charge in [0.05, 0.1) is 5.69 Å². The van der Waals surface area contributed by atoms with E-state index >= 15 is 0 Å². The molecule has 1 N–H and O–H groups in total. The first-order chi connectivity index (χ1) is 12.0.